The van der Waals surface area contributed by atoms with Gasteiger partial charge in [-0.05, 0) is 30.7 Å². The molecular weight excluding hydrogens is 210 g/mol. The molecule has 2 heteroatoms. The minimum Gasteiger partial charge on any atom is -0.348 e. The minimum absolute atomic E-state index is 0.0269. The Labute approximate surface area is 101 Å². The fourth-order valence-electron chi connectivity index (χ4n) is 1.75. The lowest BCUT2D eigenvalue weighted by molar-refractivity contribution is 0.104. The number of ketones is 1. The number of hydrogen-bond donors (Lipinski definition) is 0. The SMILES string of the molecule is Cc1cccc(/C=C/C(=O)c2cccn2C)c1. The van der Waals surface area contributed by atoms with E-state index in [4.69, 9.17) is 0 Å². The topological polar surface area (TPSA) is 22.0 Å². The van der Waals surface area contributed by atoms with Crippen LogP contribution in [0.3, 0.4) is 0 Å². The van der Waals surface area contributed by atoms with Gasteiger partial charge in [0.25, 0.3) is 0 Å². The molecular formula is C15H15NO. The standard InChI is InChI=1S/C15H15NO/c1-12-5-3-6-13(11-12)8-9-15(17)14-7-4-10-16(14)2/h3-11H,1-2H3/b9-8+. The Hall–Kier alpha value is -2.09. The number of allylic oxidation sites excluding steroid dienone is 1. The molecule has 86 valence electrons. The number of hydrogen-bond acceptors (Lipinski definition) is 1. The Balaban J connectivity index is 2.17. The van der Waals surface area contributed by atoms with E-state index in [9.17, 15) is 4.79 Å². The molecule has 0 bridgehead atoms. The number of carbonyl (C=O) groups is 1. The fourth-order valence-corrected chi connectivity index (χ4v) is 1.75. The van der Waals surface area contributed by atoms with Gasteiger partial charge in [0.1, 0.15) is 0 Å². The highest BCUT2D eigenvalue weighted by Gasteiger charge is 2.04. The van der Waals surface area contributed by atoms with Gasteiger partial charge in [0.2, 0.25) is 5.78 Å². The monoisotopic (exact) mass is 225 g/mol. The van der Waals surface area contributed by atoms with Crippen molar-refractivity contribution >= 4 is 11.9 Å². The van der Waals surface area contributed by atoms with Gasteiger partial charge < -0.3 is 4.57 Å². The summed E-state index contributed by atoms with van der Waals surface area (Å²) >= 11 is 0. The van der Waals surface area contributed by atoms with Gasteiger partial charge in [0, 0.05) is 13.2 Å². The quantitative estimate of drug-likeness (QED) is 0.580. The van der Waals surface area contributed by atoms with Gasteiger partial charge in [-0.15, -0.1) is 0 Å². The molecule has 0 N–H and O–H groups in total. The highest BCUT2D eigenvalue weighted by molar-refractivity contribution is 6.05. The molecule has 0 aliphatic heterocycles. The third-order valence-corrected chi connectivity index (χ3v) is 2.67. The largest absolute Gasteiger partial charge is 0.348 e. The van der Waals surface area contributed by atoms with Crippen molar-refractivity contribution in [2.24, 2.45) is 7.05 Å². The van der Waals surface area contributed by atoms with Crippen LogP contribution >= 0.6 is 0 Å². The number of rotatable bonds is 3. The van der Waals surface area contributed by atoms with Crippen LogP contribution in [-0.2, 0) is 7.05 Å². The molecule has 1 aromatic carbocycles. The Bertz CT molecular complexity index is 564. The molecule has 0 saturated heterocycles. The van der Waals surface area contributed by atoms with Gasteiger partial charge in [-0.3, -0.25) is 4.79 Å². The lowest BCUT2D eigenvalue weighted by Crippen LogP contribution is -2.01. The summed E-state index contributed by atoms with van der Waals surface area (Å²) < 4.78 is 1.82. The molecule has 0 amide bonds. The van der Waals surface area contributed by atoms with E-state index in [2.05, 4.69) is 6.07 Å². The van der Waals surface area contributed by atoms with E-state index in [1.165, 1.54) is 5.56 Å². The zero-order chi connectivity index (χ0) is 12.3. The lowest BCUT2D eigenvalue weighted by atomic mass is 10.1. The molecule has 0 atom stereocenters. The van der Waals surface area contributed by atoms with Crippen molar-refractivity contribution in [2.45, 2.75) is 6.92 Å². The van der Waals surface area contributed by atoms with Crippen molar-refractivity contribution in [2.75, 3.05) is 0 Å². The van der Waals surface area contributed by atoms with E-state index >= 15 is 0 Å². The van der Waals surface area contributed by atoms with E-state index in [0.717, 1.165) is 5.56 Å². The van der Waals surface area contributed by atoms with Crippen LogP contribution in [0.1, 0.15) is 21.6 Å². The minimum atomic E-state index is 0.0269. The average Bonchev–Trinajstić information content (AvgIpc) is 2.72. The molecule has 1 aromatic heterocycles. The predicted molar refractivity (Wildman–Crippen MR) is 70.0 cm³/mol. The van der Waals surface area contributed by atoms with Crippen LogP contribution in [0.4, 0.5) is 0 Å². The second-order valence-corrected chi connectivity index (χ2v) is 4.12. The summed E-state index contributed by atoms with van der Waals surface area (Å²) in [5, 5.41) is 0. The average molecular weight is 225 g/mol. The first-order valence-corrected chi connectivity index (χ1v) is 5.57. The maximum Gasteiger partial charge on any atom is 0.202 e. The molecule has 2 aromatic rings. The molecule has 0 radical (unpaired) electrons. The molecule has 0 unspecified atom stereocenters. The molecule has 0 aliphatic carbocycles. The maximum absolute atomic E-state index is 11.9. The van der Waals surface area contributed by atoms with Crippen molar-refractivity contribution in [3.63, 3.8) is 0 Å². The first-order valence-electron chi connectivity index (χ1n) is 5.57. The number of benzene rings is 1. The predicted octanol–water partition coefficient (Wildman–Crippen LogP) is 3.23. The van der Waals surface area contributed by atoms with Crippen LogP contribution < -0.4 is 0 Å². The number of carbonyl (C=O) groups excluding carboxylic acids is 1. The van der Waals surface area contributed by atoms with Crippen LogP contribution in [0.15, 0.2) is 48.7 Å². The molecule has 0 aliphatic rings. The Morgan fingerprint density at radius 1 is 1.24 bits per heavy atom. The van der Waals surface area contributed by atoms with Crippen molar-refractivity contribution in [1.29, 1.82) is 0 Å². The lowest BCUT2D eigenvalue weighted by Gasteiger charge is -1.98. The Morgan fingerprint density at radius 2 is 2.06 bits per heavy atom. The first-order chi connectivity index (χ1) is 8.16. The molecule has 0 fully saturated rings. The van der Waals surface area contributed by atoms with Gasteiger partial charge in [0.15, 0.2) is 0 Å². The van der Waals surface area contributed by atoms with Gasteiger partial charge in [-0.25, -0.2) is 0 Å². The second kappa shape index (κ2) is 4.83. The van der Waals surface area contributed by atoms with E-state index < -0.39 is 0 Å². The van der Waals surface area contributed by atoms with Crippen LogP contribution in [0, 0.1) is 6.92 Å². The van der Waals surface area contributed by atoms with Crippen molar-refractivity contribution in [1.82, 2.24) is 4.57 Å². The summed E-state index contributed by atoms with van der Waals surface area (Å²) in [5.41, 5.74) is 2.94. The summed E-state index contributed by atoms with van der Waals surface area (Å²) in [6, 6.07) is 11.8. The molecule has 1 heterocycles. The molecule has 2 rings (SSSR count). The van der Waals surface area contributed by atoms with Crippen molar-refractivity contribution in [3.05, 3.63) is 65.5 Å². The smallest absolute Gasteiger partial charge is 0.202 e. The number of aromatic nitrogens is 1. The summed E-state index contributed by atoms with van der Waals surface area (Å²) in [4.78, 5) is 11.9. The number of aryl methyl sites for hydroxylation is 2. The summed E-state index contributed by atoms with van der Waals surface area (Å²) in [5.74, 6) is 0.0269. The first kappa shape index (κ1) is 11.4. The van der Waals surface area contributed by atoms with Gasteiger partial charge in [-0.1, -0.05) is 35.9 Å². The van der Waals surface area contributed by atoms with Crippen LogP contribution in [0.5, 0.6) is 0 Å². The van der Waals surface area contributed by atoms with E-state index in [1.807, 2.05) is 61.1 Å². The zero-order valence-corrected chi connectivity index (χ0v) is 10.1. The molecule has 0 spiro atoms. The third kappa shape index (κ3) is 2.72. The number of nitrogens with zero attached hydrogens (tertiary/aromatic N) is 1. The van der Waals surface area contributed by atoms with Crippen molar-refractivity contribution in [3.8, 4) is 0 Å². The normalized spacial score (nSPS) is 10.9. The molecule has 2 nitrogen and oxygen atoms in total. The Morgan fingerprint density at radius 3 is 2.71 bits per heavy atom. The summed E-state index contributed by atoms with van der Waals surface area (Å²) in [6.45, 7) is 2.04. The van der Waals surface area contributed by atoms with Crippen LogP contribution in [0.2, 0.25) is 0 Å². The van der Waals surface area contributed by atoms with Crippen LogP contribution in [0.25, 0.3) is 6.08 Å². The highest BCUT2D eigenvalue weighted by Crippen LogP contribution is 2.08. The maximum atomic E-state index is 11.9. The molecule has 0 saturated carbocycles. The van der Waals surface area contributed by atoms with E-state index in [1.54, 1.807) is 6.08 Å². The van der Waals surface area contributed by atoms with Crippen LogP contribution in [-0.4, -0.2) is 10.4 Å². The van der Waals surface area contributed by atoms with Gasteiger partial charge in [-0.2, -0.15) is 0 Å². The van der Waals surface area contributed by atoms with Gasteiger partial charge >= 0.3 is 0 Å². The van der Waals surface area contributed by atoms with E-state index in [0.29, 0.717) is 5.69 Å². The van der Waals surface area contributed by atoms with Gasteiger partial charge in [0.05, 0.1) is 5.69 Å². The van der Waals surface area contributed by atoms with Crippen molar-refractivity contribution < 1.29 is 4.79 Å². The fraction of sp³-hybridized carbons (Fsp3) is 0.133. The highest BCUT2D eigenvalue weighted by atomic mass is 16.1. The summed E-state index contributed by atoms with van der Waals surface area (Å²) in [6.07, 6.45) is 5.33. The molecule has 17 heavy (non-hydrogen) atoms. The Kier molecular flexibility index (Phi) is 3.24. The van der Waals surface area contributed by atoms with E-state index in [-0.39, 0.29) is 5.78 Å². The summed E-state index contributed by atoms with van der Waals surface area (Å²) in [7, 11) is 1.87. The third-order valence-electron chi connectivity index (χ3n) is 2.67. The zero-order valence-electron chi connectivity index (χ0n) is 10.1. The second-order valence-electron chi connectivity index (χ2n) is 4.12.